The van der Waals surface area contributed by atoms with Gasteiger partial charge in [-0.3, -0.25) is 0 Å². The second-order valence-corrected chi connectivity index (χ2v) is 17.8. The third-order valence-electron chi connectivity index (χ3n) is 13.9. The first-order valence-electron chi connectivity index (χ1n) is 23.3. The first-order chi connectivity index (χ1) is 33.8. The maximum atomic E-state index is 2.49. The van der Waals surface area contributed by atoms with Gasteiger partial charge in [0.25, 0.3) is 0 Å². The summed E-state index contributed by atoms with van der Waals surface area (Å²) >= 11 is 0. The Morgan fingerprint density at radius 1 is 0.235 bits per heavy atom. The molecule has 14 rings (SSSR count). The van der Waals surface area contributed by atoms with Crippen LogP contribution in [-0.4, -0.2) is 17.9 Å². The molecule has 0 spiro atoms. The molecule has 0 saturated carbocycles. The monoisotopic (exact) mass is 866 g/mol. The third-order valence-corrected chi connectivity index (χ3v) is 13.9. The molecule has 318 valence electrons. The van der Waals surface area contributed by atoms with Crippen LogP contribution in [0.3, 0.4) is 0 Å². The second kappa shape index (κ2) is 15.2. The SMILES string of the molecule is c1ccc(-c2cccc(-c3c4c(c5cc(-c6ccc7c(c6)c6c(c(-c8ccccc8)n8ccccc68)n7-c6cccc(-c7ccccc7)c6)ccc5n4-c4ccccc4)c4ccccn34)c2)cc1. The van der Waals surface area contributed by atoms with Crippen LogP contribution in [0.15, 0.2) is 255 Å². The van der Waals surface area contributed by atoms with Gasteiger partial charge in [0.15, 0.2) is 0 Å². The van der Waals surface area contributed by atoms with Crippen molar-refractivity contribution in [1.82, 2.24) is 17.9 Å². The molecule has 0 unspecified atom stereocenters. The molecule has 0 aliphatic heterocycles. The highest BCUT2D eigenvalue weighted by Crippen LogP contribution is 2.47. The quantitative estimate of drug-likeness (QED) is 0.152. The van der Waals surface area contributed by atoms with Gasteiger partial charge in [0.05, 0.1) is 44.5 Å². The van der Waals surface area contributed by atoms with E-state index in [9.17, 15) is 0 Å². The van der Waals surface area contributed by atoms with E-state index in [-0.39, 0.29) is 0 Å². The topological polar surface area (TPSA) is 18.7 Å². The highest BCUT2D eigenvalue weighted by atomic mass is 15.0. The van der Waals surface area contributed by atoms with Gasteiger partial charge in [0.1, 0.15) is 0 Å². The Morgan fingerprint density at radius 3 is 1.19 bits per heavy atom. The smallest absolute Gasteiger partial charge is 0.0809 e. The molecule has 4 nitrogen and oxygen atoms in total. The molecule has 0 radical (unpaired) electrons. The van der Waals surface area contributed by atoms with Crippen LogP contribution in [0.25, 0.3) is 122 Å². The van der Waals surface area contributed by atoms with E-state index in [1.807, 2.05) is 0 Å². The fourth-order valence-corrected chi connectivity index (χ4v) is 11.0. The second-order valence-electron chi connectivity index (χ2n) is 17.8. The summed E-state index contributed by atoms with van der Waals surface area (Å²) in [4.78, 5) is 0. The molecule has 0 N–H and O–H groups in total. The van der Waals surface area contributed by atoms with Gasteiger partial charge in [-0.25, -0.2) is 0 Å². The summed E-state index contributed by atoms with van der Waals surface area (Å²) in [6.07, 6.45) is 4.43. The number of nitrogens with zero attached hydrogens (tertiary/aromatic N) is 4. The van der Waals surface area contributed by atoms with E-state index in [0.29, 0.717) is 0 Å². The van der Waals surface area contributed by atoms with E-state index in [0.717, 1.165) is 11.4 Å². The van der Waals surface area contributed by atoms with Crippen LogP contribution in [0.2, 0.25) is 0 Å². The largest absolute Gasteiger partial charge is 0.314 e. The molecule has 0 aliphatic carbocycles. The first-order valence-corrected chi connectivity index (χ1v) is 23.3. The van der Waals surface area contributed by atoms with Gasteiger partial charge in [-0.05, 0) is 112 Å². The number of hydrogen-bond donors (Lipinski definition) is 0. The number of aromatic nitrogens is 4. The van der Waals surface area contributed by atoms with Crippen LogP contribution < -0.4 is 0 Å². The Morgan fingerprint density at radius 2 is 0.632 bits per heavy atom. The van der Waals surface area contributed by atoms with Crippen molar-refractivity contribution in [2.24, 2.45) is 0 Å². The maximum Gasteiger partial charge on any atom is 0.0809 e. The molecule has 0 fully saturated rings. The standard InChI is InChI=1S/C64H42N4/c1-5-19-43(20-6-1)46-25-17-27-50(39-46)62-64-60(58-32-14-16-38-66(58)62)53-41-48(33-35-55(53)67(64)51-28-11-4-12-29-51)49-34-36-56-54(42-49)59-57-31-13-15-37-65(57)61(45-23-9-3-10-24-45)63(59)68(56)52-30-18-26-47(40-52)44-21-7-2-8-22-44/h1-42H. The molecule has 0 saturated heterocycles. The molecule has 6 heterocycles. The van der Waals surface area contributed by atoms with E-state index in [2.05, 4.69) is 273 Å². The van der Waals surface area contributed by atoms with Crippen LogP contribution in [0.5, 0.6) is 0 Å². The number of rotatable bonds is 7. The summed E-state index contributed by atoms with van der Waals surface area (Å²) in [7, 11) is 0. The van der Waals surface area contributed by atoms with Gasteiger partial charge >= 0.3 is 0 Å². The third kappa shape index (κ3) is 5.81. The van der Waals surface area contributed by atoms with Crippen molar-refractivity contribution >= 4 is 54.6 Å². The molecular formula is C64H42N4. The molecule has 0 amide bonds. The minimum absolute atomic E-state index is 1.13. The Labute approximate surface area is 393 Å². The Hall–Kier alpha value is -9.12. The predicted octanol–water partition coefficient (Wildman–Crippen LogP) is 16.7. The van der Waals surface area contributed by atoms with Crippen molar-refractivity contribution in [3.8, 4) is 67.3 Å². The Bertz CT molecular complexity index is 4230. The van der Waals surface area contributed by atoms with Crippen LogP contribution in [0.4, 0.5) is 0 Å². The molecule has 0 bridgehead atoms. The zero-order valence-electron chi connectivity index (χ0n) is 37.0. The zero-order valence-corrected chi connectivity index (χ0v) is 37.0. The van der Waals surface area contributed by atoms with E-state index < -0.39 is 0 Å². The number of hydrogen-bond acceptors (Lipinski definition) is 0. The molecule has 0 atom stereocenters. The van der Waals surface area contributed by atoms with Gasteiger partial charge in [0.2, 0.25) is 0 Å². The number of benzene rings is 8. The van der Waals surface area contributed by atoms with Crippen LogP contribution in [0.1, 0.15) is 0 Å². The lowest BCUT2D eigenvalue weighted by molar-refractivity contribution is 1.15. The average molecular weight is 867 g/mol. The fourth-order valence-electron chi connectivity index (χ4n) is 11.0. The van der Waals surface area contributed by atoms with Gasteiger partial charge in [0, 0.05) is 56.4 Å². The lowest BCUT2D eigenvalue weighted by Gasteiger charge is -2.13. The Kier molecular flexibility index (Phi) is 8.55. The van der Waals surface area contributed by atoms with E-state index in [4.69, 9.17) is 0 Å². The van der Waals surface area contributed by atoms with Crippen molar-refractivity contribution < 1.29 is 0 Å². The van der Waals surface area contributed by atoms with Crippen molar-refractivity contribution in [2.45, 2.75) is 0 Å². The summed E-state index contributed by atoms with van der Waals surface area (Å²) in [5.74, 6) is 0. The maximum absolute atomic E-state index is 2.49. The average Bonchev–Trinajstić information content (AvgIpc) is 4.14. The predicted molar refractivity (Wildman–Crippen MR) is 284 cm³/mol. The van der Waals surface area contributed by atoms with Gasteiger partial charge in [-0.1, -0.05) is 164 Å². The highest BCUT2D eigenvalue weighted by molar-refractivity contribution is 6.23. The van der Waals surface area contributed by atoms with Crippen LogP contribution >= 0.6 is 0 Å². The van der Waals surface area contributed by atoms with Crippen molar-refractivity contribution in [3.05, 3.63) is 255 Å². The molecule has 14 aromatic rings. The van der Waals surface area contributed by atoms with Crippen molar-refractivity contribution in [2.75, 3.05) is 0 Å². The minimum Gasteiger partial charge on any atom is -0.314 e. The molecule has 6 aromatic heterocycles. The summed E-state index contributed by atoms with van der Waals surface area (Å²) in [6.45, 7) is 0. The lowest BCUT2D eigenvalue weighted by Crippen LogP contribution is -1.97. The van der Waals surface area contributed by atoms with Gasteiger partial charge in [-0.15, -0.1) is 0 Å². The first kappa shape index (κ1) is 38.2. The molecule has 68 heavy (non-hydrogen) atoms. The van der Waals surface area contributed by atoms with Gasteiger partial charge < -0.3 is 17.9 Å². The van der Waals surface area contributed by atoms with Crippen LogP contribution in [-0.2, 0) is 0 Å². The number of pyridine rings is 2. The Balaban J connectivity index is 1.04. The molecule has 0 aliphatic rings. The fraction of sp³-hybridized carbons (Fsp3) is 0. The van der Waals surface area contributed by atoms with E-state index in [1.165, 1.54) is 111 Å². The van der Waals surface area contributed by atoms with E-state index in [1.54, 1.807) is 0 Å². The highest BCUT2D eigenvalue weighted by Gasteiger charge is 2.26. The minimum atomic E-state index is 1.13. The van der Waals surface area contributed by atoms with Crippen LogP contribution in [0, 0.1) is 0 Å². The van der Waals surface area contributed by atoms with Crippen molar-refractivity contribution in [3.63, 3.8) is 0 Å². The number of para-hydroxylation sites is 1. The van der Waals surface area contributed by atoms with Gasteiger partial charge in [-0.2, -0.15) is 0 Å². The zero-order chi connectivity index (χ0) is 44.7. The molecule has 8 aromatic carbocycles. The summed E-state index contributed by atoms with van der Waals surface area (Å²) in [5.41, 5.74) is 21.2. The lowest BCUT2D eigenvalue weighted by atomic mass is 10.00. The summed E-state index contributed by atoms with van der Waals surface area (Å²) in [6, 6.07) is 88.4. The summed E-state index contributed by atoms with van der Waals surface area (Å²) in [5, 5.41) is 4.92. The number of fused-ring (bicyclic) bond motifs is 10. The molecule has 4 heteroatoms. The molecular weight excluding hydrogens is 825 g/mol. The normalized spacial score (nSPS) is 11.8. The van der Waals surface area contributed by atoms with E-state index >= 15 is 0 Å². The van der Waals surface area contributed by atoms with Crippen molar-refractivity contribution in [1.29, 1.82) is 0 Å². The summed E-state index contributed by atoms with van der Waals surface area (Å²) < 4.78 is 9.73.